The van der Waals surface area contributed by atoms with Crippen LogP contribution in [0.15, 0.2) is 0 Å². The van der Waals surface area contributed by atoms with Gasteiger partial charge in [-0.2, -0.15) is 5.10 Å². The maximum atomic E-state index is 12.7. The number of hydrogen-bond acceptors (Lipinski definition) is 3. The van der Waals surface area contributed by atoms with Gasteiger partial charge in [0.15, 0.2) is 0 Å². The summed E-state index contributed by atoms with van der Waals surface area (Å²) in [4.78, 5) is 12.7. The highest BCUT2D eigenvalue weighted by Gasteiger charge is 2.38. The molecule has 5 nitrogen and oxygen atoms in total. The molecule has 1 fully saturated rings. The van der Waals surface area contributed by atoms with E-state index in [1.165, 1.54) is 0 Å². The van der Waals surface area contributed by atoms with Crippen LogP contribution in [0.1, 0.15) is 83.8 Å². The van der Waals surface area contributed by atoms with E-state index in [1.54, 1.807) is 0 Å². The summed E-state index contributed by atoms with van der Waals surface area (Å²) >= 11 is 0. The molecule has 0 saturated carbocycles. The Morgan fingerprint density at radius 1 is 1.28 bits per heavy atom. The average Bonchev–Trinajstić information content (AvgIpc) is 2.69. The summed E-state index contributed by atoms with van der Waals surface area (Å²) in [5.41, 5.74) is 3.47. The number of aromatic nitrogens is 2. The van der Waals surface area contributed by atoms with Crippen LogP contribution >= 0.6 is 0 Å². The summed E-state index contributed by atoms with van der Waals surface area (Å²) < 4.78 is 2.01. The number of hydrogen-bond donors (Lipinski definition) is 2. The van der Waals surface area contributed by atoms with E-state index in [9.17, 15) is 4.79 Å². The molecule has 0 unspecified atom stereocenters. The minimum Gasteiger partial charge on any atom is -0.349 e. The molecule has 2 heterocycles. The monoisotopic (exact) mass is 348 g/mol. The summed E-state index contributed by atoms with van der Waals surface area (Å²) in [6, 6.07) is -0.00413. The van der Waals surface area contributed by atoms with Gasteiger partial charge in [-0.15, -0.1) is 0 Å². The number of piperidine rings is 1. The molecule has 1 amide bonds. The Balaban J connectivity index is 2.01. The van der Waals surface area contributed by atoms with Crippen LogP contribution in [0, 0.1) is 19.8 Å². The summed E-state index contributed by atoms with van der Waals surface area (Å²) in [6.45, 7) is 18.0. The van der Waals surface area contributed by atoms with Gasteiger partial charge in [-0.3, -0.25) is 9.48 Å². The molecule has 0 spiro atoms. The van der Waals surface area contributed by atoms with Crippen molar-refractivity contribution >= 4 is 5.91 Å². The van der Waals surface area contributed by atoms with Gasteiger partial charge >= 0.3 is 0 Å². The lowest BCUT2D eigenvalue weighted by Gasteiger charge is -2.46. The van der Waals surface area contributed by atoms with Gasteiger partial charge in [0, 0.05) is 35.3 Å². The Hall–Kier alpha value is -1.36. The van der Waals surface area contributed by atoms with E-state index in [4.69, 9.17) is 0 Å². The molecule has 1 aromatic heterocycles. The maximum absolute atomic E-state index is 12.7. The van der Waals surface area contributed by atoms with Gasteiger partial charge in [0.25, 0.3) is 0 Å². The molecular formula is C20H36N4O. The standard InChI is InChI=1S/C20H36N4O/c1-9-24-15(4)18(14(3)22-24)13(2)21-17(25)10-16-11-19(5,6)23-20(7,8)12-16/h13,16,23H,9-12H2,1-8H3,(H,21,25)/t13-/m0/s1. The Morgan fingerprint density at radius 2 is 1.84 bits per heavy atom. The van der Waals surface area contributed by atoms with Crippen molar-refractivity contribution in [3.63, 3.8) is 0 Å². The third-order valence-corrected chi connectivity index (χ3v) is 5.30. The number of nitrogens with zero attached hydrogens (tertiary/aromatic N) is 2. The van der Waals surface area contributed by atoms with Crippen LogP contribution in [0.4, 0.5) is 0 Å². The van der Waals surface area contributed by atoms with E-state index < -0.39 is 0 Å². The van der Waals surface area contributed by atoms with E-state index in [1.807, 2.05) is 11.6 Å². The Morgan fingerprint density at radius 3 is 2.32 bits per heavy atom. The number of aryl methyl sites for hydroxylation is 2. The second-order valence-corrected chi connectivity index (χ2v) is 9.06. The molecule has 1 aliphatic rings. The molecule has 0 aromatic carbocycles. The van der Waals surface area contributed by atoms with Gasteiger partial charge < -0.3 is 10.6 Å². The van der Waals surface area contributed by atoms with Crippen molar-refractivity contribution in [1.29, 1.82) is 0 Å². The molecule has 1 saturated heterocycles. The summed E-state index contributed by atoms with van der Waals surface area (Å²) in [5, 5.41) is 11.5. The Labute approximate surface area is 152 Å². The van der Waals surface area contributed by atoms with Crippen molar-refractivity contribution in [3.8, 4) is 0 Å². The van der Waals surface area contributed by atoms with Crippen LogP contribution in [-0.4, -0.2) is 26.8 Å². The normalized spacial score (nSPS) is 21.1. The molecule has 142 valence electrons. The smallest absolute Gasteiger partial charge is 0.220 e. The third kappa shape index (κ3) is 4.84. The number of carbonyl (C=O) groups is 1. The minimum atomic E-state index is -0.00413. The molecule has 0 aliphatic carbocycles. The van der Waals surface area contributed by atoms with E-state index in [2.05, 4.69) is 64.2 Å². The van der Waals surface area contributed by atoms with Crippen LogP contribution in [-0.2, 0) is 11.3 Å². The molecule has 25 heavy (non-hydrogen) atoms. The topological polar surface area (TPSA) is 59.0 Å². The van der Waals surface area contributed by atoms with Crippen molar-refractivity contribution in [1.82, 2.24) is 20.4 Å². The van der Waals surface area contributed by atoms with E-state index in [-0.39, 0.29) is 23.0 Å². The summed E-state index contributed by atoms with van der Waals surface area (Å²) in [7, 11) is 0. The van der Waals surface area contributed by atoms with Gasteiger partial charge in [-0.1, -0.05) is 0 Å². The quantitative estimate of drug-likeness (QED) is 0.854. The van der Waals surface area contributed by atoms with Crippen molar-refractivity contribution in [2.75, 3.05) is 0 Å². The predicted octanol–water partition coefficient (Wildman–Crippen LogP) is 3.64. The second-order valence-electron chi connectivity index (χ2n) is 9.06. The molecule has 0 bridgehead atoms. The molecule has 1 aliphatic heterocycles. The molecule has 1 aromatic rings. The lowest BCUT2D eigenvalue weighted by atomic mass is 9.74. The van der Waals surface area contributed by atoms with E-state index in [0.717, 1.165) is 36.3 Å². The summed E-state index contributed by atoms with van der Waals surface area (Å²) in [5.74, 6) is 0.563. The molecular weight excluding hydrogens is 312 g/mol. The van der Waals surface area contributed by atoms with E-state index in [0.29, 0.717) is 12.3 Å². The molecule has 1 atom stereocenters. The largest absolute Gasteiger partial charge is 0.349 e. The van der Waals surface area contributed by atoms with Crippen molar-refractivity contribution in [2.24, 2.45) is 5.92 Å². The molecule has 2 rings (SSSR count). The van der Waals surface area contributed by atoms with Crippen molar-refractivity contribution < 1.29 is 4.79 Å². The first kappa shape index (κ1) is 20.0. The molecule has 5 heteroatoms. The highest BCUT2D eigenvalue weighted by Crippen LogP contribution is 2.34. The van der Waals surface area contributed by atoms with Gasteiger partial charge in [0.2, 0.25) is 5.91 Å². The Kier molecular flexibility index (Phi) is 5.67. The highest BCUT2D eigenvalue weighted by molar-refractivity contribution is 5.76. The molecule has 2 N–H and O–H groups in total. The first-order chi connectivity index (χ1) is 11.4. The van der Waals surface area contributed by atoms with Crippen LogP contribution < -0.4 is 10.6 Å². The van der Waals surface area contributed by atoms with Crippen LogP contribution in [0.3, 0.4) is 0 Å². The number of carbonyl (C=O) groups excluding carboxylic acids is 1. The average molecular weight is 349 g/mol. The van der Waals surface area contributed by atoms with E-state index >= 15 is 0 Å². The fourth-order valence-electron chi connectivity index (χ4n) is 4.96. The zero-order chi connectivity index (χ0) is 19.0. The van der Waals surface area contributed by atoms with Gasteiger partial charge in [-0.25, -0.2) is 0 Å². The predicted molar refractivity (Wildman–Crippen MR) is 103 cm³/mol. The van der Waals surface area contributed by atoms with Gasteiger partial charge in [0.1, 0.15) is 0 Å². The van der Waals surface area contributed by atoms with Crippen molar-refractivity contribution in [3.05, 3.63) is 17.0 Å². The van der Waals surface area contributed by atoms with Gasteiger partial charge in [0.05, 0.1) is 11.7 Å². The maximum Gasteiger partial charge on any atom is 0.220 e. The van der Waals surface area contributed by atoms with Gasteiger partial charge in [-0.05, 0) is 74.1 Å². The number of amides is 1. The van der Waals surface area contributed by atoms with Crippen LogP contribution in [0.5, 0.6) is 0 Å². The second kappa shape index (κ2) is 7.10. The number of nitrogens with one attached hydrogen (secondary N) is 2. The fourth-order valence-corrected chi connectivity index (χ4v) is 4.96. The lowest BCUT2D eigenvalue weighted by molar-refractivity contribution is -0.123. The zero-order valence-electron chi connectivity index (χ0n) is 17.3. The minimum absolute atomic E-state index is 0.00413. The highest BCUT2D eigenvalue weighted by atomic mass is 16.1. The third-order valence-electron chi connectivity index (χ3n) is 5.30. The van der Waals surface area contributed by atoms with Crippen LogP contribution in [0.2, 0.25) is 0 Å². The van der Waals surface area contributed by atoms with Crippen LogP contribution in [0.25, 0.3) is 0 Å². The fraction of sp³-hybridized carbons (Fsp3) is 0.800. The first-order valence-corrected chi connectivity index (χ1v) is 9.56. The first-order valence-electron chi connectivity index (χ1n) is 9.56. The van der Waals surface area contributed by atoms with Crippen molar-refractivity contribution in [2.45, 2.75) is 98.3 Å². The Bertz CT molecular complexity index is 614. The number of rotatable bonds is 5. The summed E-state index contributed by atoms with van der Waals surface area (Å²) in [6.07, 6.45) is 2.66. The SMILES string of the molecule is CCn1nc(C)c([C@H](C)NC(=O)CC2CC(C)(C)NC(C)(C)C2)c1C. The lowest BCUT2D eigenvalue weighted by Crippen LogP contribution is -2.58. The molecule has 0 radical (unpaired) electrons. The zero-order valence-corrected chi connectivity index (χ0v) is 17.3.